The van der Waals surface area contributed by atoms with Crippen LogP contribution < -0.4 is 0 Å². The van der Waals surface area contributed by atoms with Crippen molar-refractivity contribution < 1.29 is 0 Å². The van der Waals surface area contributed by atoms with Gasteiger partial charge in [0, 0.05) is 11.9 Å². The van der Waals surface area contributed by atoms with Crippen LogP contribution in [0.1, 0.15) is 11.3 Å². The van der Waals surface area contributed by atoms with Gasteiger partial charge in [-0.25, -0.2) is 4.98 Å². The molecule has 1 aromatic rings. The molecule has 11 heavy (non-hydrogen) atoms. The number of nitrogens with one attached hydrogen (secondary N) is 1. The van der Waals surface area contributed by atoms with Crippen molar-refractivity contribution in [2.75, 3.05) is 0 Å². The number of aromatic amines is 1. The highest BCUT2D eigenvalue weighted by Gasteiger charge is 1.81. The minimum absolute atomic E-state index is 1.13. The SMILES string of the molecule is Cc1ccccnc[nH]c1C. The average Bonchev–Trinajstić information content (AvgIpc) is 2.07. The van der Waals surface area contributed by atoms with Crippen LogP contribution in [-0.2, 0) is 0 Å². The van der Waals surface area contributed by atoms with Gasteiger partial charge in [0.2, 0.25) is 0 Å². The molecule has 2 nitrogen and oxygen atoms in total. The van der Waals surface area contributed by atoms with Gasteiger partial charge in [-0.15, -0.1) is 0 Å². The number of aromatic nitrogens is 2. The van der Waals surface area contributed by atoms with E-state index in [1.807, 2.05) is 25.1 Å². The molecule has 58 valence electrons. The smallest absolute Gasteiger partial charge is 0.0920 e. The largest absolute Gasteiger partial charge is 0.350 e. The zero-order chi connectivity index (χ0) is 8.10. The molecular weight excluding hydrogens is 136 g/mol. The summed E-state index contributed by atoms with van der Waals surface area (Å²) in [7, 11) is 0. The van der Waals surface area contributed by atoms with Gasteiger partial charge in [0.1, 0.15) is 0 Å². The third kappa shape index (κ3) is 2.42. The molecule has 1 rings (SSSR count). The fourth-order valence-corrected chi connectivity index (χ4v) is 0.715. The Morgan fingerprint density at radius 2 is 2.09 bits per heavy atom. The highest BCUT2D eigenvalue weighted by atomic mass is 14.8. The Balaban J connectivity index is 3.28. The number of hydrogen-bond donors (Lipinski definition) is 1. The number of aryl methyl sites for hydroxylation is 2. The van der Waals surface area contributed by atoms with Gasteiger partial charge in [-0.2, -0.15) is 0 Å². The summed E-state index contributed by atoms with van der Waals surface area (Å²) in [6.45, 7) is 4.09. The number of nitrogens with zero attached hydrogens (tertiary/aromatic N) is 1. The Morgan fingerprint density at radius 3 is 2.91 bits per heavy atom. The van der Waals surface area contributed by atoms with E-state index in [0.29, 0.717) is 0 Å². The van der Waals surface area contributed by atoms with Crippen LogP contribution in [-0.4, -0.2) is 9.97 Å². The van der Waals surface area contributed by atoms with Crippen LogP contribution in [0.15, 0.2) is 30.7 Å². The summed E-state index contributed by atoms with van der Waals surface area (Å²) < 4.78 is 0. The standard InChI is InChI=1S/C9H12N2/c1-8-5-3-4-6-10-7-11-9(8)2/h3-7H,1-2H3,(H,10,11). The average molecular weight is 148 g/mol. The van der Waals surface area contributed by atoms with Gasteiger partial charge >= 0.3 is 0 Å². The molecule has 0 saturated heterocycles. The van der Waals surface area contributed by atoms with Crippen LogP contribution in [0, 0.1) is 13.8 Å². The lowest BCUT2D eigenvalue weighted by Gasteiger charge is -1.90. The van der Waals surface area contributed by atoms with Crippen molar-refractivity contribution in [1.82, 2.24) is 9.97 Å². The second kappa shape index (κ2) is 3.76. The second-order valence-corrected chi connectivity index (χ2v) is 2.43. The van der Waals surface area contributed by atoms with Crippen LogP contribution in [0.2, 0.25) is 0 Å². The first-order chi connectivity index (χ1) is 5.30. The molecule has 1 N–H and O–H groups in total. The monoisotopic (exact) mass is 148 g/mol. The molecule has 2 heteroatoms. The van der Waals surface area contributed by atoms with E-state index in [4.69, 9.17) is 0 Å². The van der Waals surface area contributed by atoms with Crippen LogP contribution in [0.25, 0.3) is 0 Å². The predicted octanol–water partition coefficient (Wildman–Crippen LogP) is 2.15. The molecular formula is C9H12N2. The lowest BCUT2D eigenvalue weighted by atomic mass is 10.2. The summed E-state index contributed by atoms with van der Waals surface area (Å²) in [6.07, 6.45) is 3.43. The van der Waals surface area contributed by atoms with Gasteiger partial charge in [-0.1, -0.05) is 12.1 Å². The fourth-order valence-electron chi connectivity index (χ4n) is 0.715. The summed E-state index contributed by atoms with van der Waals surface area (Å²) in [5, 5.41) is 0. The maximum Gasteiger partial charge on any atom is 0.0920 e. The van der Waals surface area contributed by atoms with E-state index in [9.17, 15) is 0 Å². The van der Waals surface area contributed by atoms with Crippen molar-refractivity contribution in [2.45, 2.75) is 13.8 Å². The molecule has 0 saturated carbocycles. The van der Waals surface area contributed by atoms with Gasteiger partial charge < -0.3 is 4.98 Å². The van der Waals surface area contributed by atoms with Crippen molar-refractivity contribution in [1.29, 1.82) is 0 Å². The van der Waals surface area contributed by atoms with E-state index in [2.05, 4.69) is 16.9 Å². The fraction of sp³-hybridized carbons (Fsp3) is 0.222. The van der Waals surface area contributed by atoms with E-state index in [-0.39, 0.29) is 0 Å². The Morgan fingerprint density at radius 1 is 1.27 bits per heavy atom. The summed E-state index contributed by atoms with van der Waals surface area (Å²) in [4.78, 5) is 7.03. The molecule has 0 aliphatic rings. The van der Waals surface area contributed by atoms with Crippen molar-refractivity contribution >= 4 is 0 Å². The molecule has 0 amide bonds. The molecule has 0 fully saturated rings. The third-order valence-electron chi connectivity index (χ3n) is 1.58. The Hall–Kier alpha value is -1.31. The highest BCUT2D eigenvalue weighted by molar-refractivity contribution is 5.13. The summed E-state index contributed by atoms with van der Waals surface area (Å²) in [6, 6.07) is 5.93. The Kier molecular flexibility index (Phi) is 2.66. The van der Waals surface area contributed by atoms with E-state index in [1.54, 1.807) is 12.5 Å². The van der Waals surface area contributed by atoms with Gasteiger partial charge in [0.15, 0.2) is 0 Å². The van der Waals surface area contributed by atoms with E-state index in [1.165, 1.54) is 5.56 Å². The zero-order valence-corrected chi connectivity index (χ0v) is 6.83. The maximum atomic E-state index is 3.97. The van der Waals surface area contributed by atoms with Crippen molar-refractivity contribution in [3.05, 3.63) is 42.0 Å². The predicted molar refractivity (Wildman–Crippen MR) is 45.7 cm³/mol. The minimum atomic E-state index is 1.13. The molecule has 0 atom stereocenters. The molecule has 0 radical (unpaired) electrons. The van der Waals surface area contributed by atoms with Crippen LogP contribution >= 0.6 is 0 Å². The van der Waals surface area contributed by atoms with Gasteiger partial charge in [-0.3, -0.25) is 0 Å². The first kappa shape index (κ1) is 7.79. The summed E-state index contributed by atoms with van der Waals surface area (Å²) >= 11 is 0. The van der Waals surface area contributed by atoms with Crippen LogP contribution in [0.5, 0.6) is 0 Å². The lowest BCUT2D eigenvalue weighted by Crippen LogP contribution is -1.78. The third-order valence-corrected chi connectivity index (χ3v) is 1.58. The van der Waals surface area contributed by atoms with Crippen LogP contribution in [0.3, 0.4) is 0 Å². The molecule has 0 aromatic carbocycles. The zero-order valence-electron chi connectivity index (χ0n) is 6.83. The topological polar surface area (TPSA) is 28.7 Å². The molecule has 1 aromatic heterocycles. The van der Waals surface area contributed by atoms with Gasteiger partial charge in [-0.05, 0) is 25.5 Å². The Labute approximate surface area is 66.6 Å². The van der Waals surface area contributed by atoms with E-state index in [0.717, 1.165) is 5.69 Å². The highest BCUT2D eigenvalue weighted by Crippen LogP contribution is 1.95. The molecule has 0 spiro atoms. The lowest BCUT2D eigenvalue weighted by molar-refractivity contribution is 1.12. The molecule has 0 aliphatic carbocycles. The van der Waals surface area contributed by atoms with Crippen LogP contribution in [0.4, 0.5) is 0 Å². The Bertz CT molecular complexity index is 248. The molecule has 0 bridgehead atoms. The normalized spacial score (nSPS) is 8.91. The van der Waals surface area contributed by atoms with E-state index >= 15 is 0 Å². The first-order valence-electron chi connectivity index (χ1n) is 3.59. The maximum absolute atomic E-state index is 3.97. The van der Waals surface area contributed by atoms with Gasteiger partial charge in [0.25, 0.3) is 0 Å². The molecule has 0 aliphatic heterocycles. The van der Waals surface area contributed by atoms with Gasteiger partial charge in [0.05, 0.1) is 6.33 Å². The first-order valence-corrected chi connectivity index (χ1v) is 3.59. The second-order valence-electron chi connectivity index (χ2n) is 2.43. The molecule has 0 unspecified atom stereocenters. The minimum Gasteiger partial charge on any atom is -0.350 e. The summed E-state index contributed by atoms with van der Waals surface area (Å²) in [5.41, 5.74) is 2.36. The number of hydrogen-bond acceptors (Lipinski definition) is 1. The number of rotatable bonds is 0. The van der Waals surface area contributed by atoms with Crippen molar-refractivity contribution in [3.63, 3.8) is 0 Å². The summed E-state index contributed by atoms with van der Waals surface area (Å²) in [5.74, 6) is 0. The quantitative estimate of drug-likeness (QED) is 0.600. The van der Waals surface area contributed by atoms with E-state index < -0.39 is 0 Å². The number of H-pyrrole nitrogens is 1. The van der Waals surface area contributed by atoms with Crippen molar-refractivity contribution in [2.24, 2.45) is 0 Å². The molecule has 1 heterocycles. The van der Waals surface area contributed by atoms with Crippen molar-refractivity contribution in [3.8, 4) is 0 Å².